The predicted octanol–water partition coefficient (Wildman–Crippen LogP) is 7.40. The molecule has 1 fully saturated rings. The number of benzene rings is 4. The van der Waals surface area contributed by atoms with Crippen molar-refractivity contribution in [2.45, 2.75) is 55.6 Å². The van der Waals surface area contributed by atoms with Gasteiger partial charge in [0.1, 0.15) is 0 Å². The molecule has 1 amide bonds. The molecule has 0 bridgehead atoms. The van der Waals surface area contributed by atoms with Crippen molar-refractivity contribution in [1.29, 1.82) is 0 Å². The van der Waals surface area contributed by atoms with E-state index < -0.39 is 0 Å². The van der Waals surface area contributed by atoms with Crippen molar-refractivity contribution in [3.05, 3.63) is 124 Å². The Kier molecular flexibility index (Phi) is 7.16. The van der Waals surface area contributed by atoms with Gasteiger partial charge in [0.15, 0.2) is 5.16 Å². The second-order valence-corrected chi connectivity index (χ2v) is 12.4. The fourth-order valence-corrected chi connectivity index (χ4v) is 7.71. The monoisotopic (exact) mass is 571 g/mol. The van der Waals surface area contributed by atoms with E-state index in [9.17, 15) is 9.59 Å². The summed E-state index contributed by atoms with van der Waals surface area (Å²) in [5.41, 5.74) is 5.89. The third-order valence-electron chi connectivity index (χ3n) is 8.89. The zero-order valence-electron chi connectivity index (χ0n) is 23.5. The molecule has 7 rings (SSSR count). The molecule has 1 saturated carbocycles. The topological polar surface area (TPSA) is 64.0 Å². The van der Waals surface area contributed by atoms with Crippen LogP contribution < -0.4 is 10.9 Å². The number of amides is 1. The predicted molar refractivity (Wildman–Crippen MR) is 171 cm³/mol. The van der Waals surface area contributed by atoms with Crippen LogP contribution in [-0.4, -0.2) is 21.2 Å². The molecular weight excluding hydrogens is 538 g/mol. The Morgan fingerprint density at radius 1 is 0.881 bits per heavy atom. The molecule has 0 radical (unpaired) electrons. The summed E-state index contributed by atoms with van der Waals surface area (Å²) in [5, 5.41) is 5.77. The average molecular weight is 572 g/mol. The van der Waals surface area contributed by atoms with E-state index in [-0.39, 0.29) is 22.6 Å². The van der Waals surface area contributed by atoms with Crippen LogP contribution in [0.2, 0.25) is 0 Å². The SMILES string of the molecule is O=C(CSc1nc2c(c(=O)n1CCc1ccccc1)C1(CCCC1)Cc1ccccc1-2)Nc1cccc2ccccc12. The van der Waals surface area contributed by atoms with E-state index in [1.165, 1.54) is 22.9 Å². The third kappa shape index (κ3) is 4.94. The van der Waals surface area contributed by atoms with Crippen LogP contribution in [-0.2, 0) is 29.6 Å². The summed E-state index contributed by atoms with van der Waals surface area (Å²) in [6.07, 6.45) is 5.92. The first-order valence-corrected chi connectivity index (χ1v) is 15.8. The summed E-state index contributed by atoms with van der Waals surface area (Å²) in [5.74, 6) is 0.0395. The largest absolute Gasteiger partial charge is 0.325 e. The lowest BCUT2D eigenvalue weighted by atomic mass is 9.68. The fourth-order valence-electron chi connectivity index (χ4n) is 6.89. The van der Waals surface area contributed by atoms with Gasteiger partial charge in [0.25, 0.3) is 5.56 Å². The fraction of sp³-hybridized carbons (Fsp3) is 0.250. The number of aromatic nitrogens is 2. The van der Waals surface area contributed by atoms with Crippen LogP contribution >= 0.6 is 11.8 Å². The van der Waals surface area contributed by atoms with Gasteiger partial charge in [-0.2, -0.15) is 0 Å². The summed E-state index contributed by atoms with van der Waals surface area (Å²) in [6.45, 7) is 0.522. The number of carbonyl (C=O) groups is 1. The summed E-state index contributed by atoms with van der Waals surface area (Å²) >= 11 is 1.35. The number of anilines is 1. The van der Waals surface area contributed by atoms with Gasteiger partial charge in [-0.05, 0) is 48.3 Å². The Hall–Kier alpha value is -4.16. The van der Waals surface area contributed by atoms with Crippen molar-refractivity contribution in [2.24, 2.45) is 0 Å². The quantitative estimate of drug-likeness (QED) is 0.163. The van der Waals surface area contributed by atoms with Gasteiger partial charge in [0.05, 0.1) is 17.0 Å². The van der Waals surface area contributed by atoms with Crippen molar-refractivity contribution in [3.8, 4) is 11.3 Å². The summed E-state index contributed by atoms with van der Waals surface area (Å²) in [4.78, 5) is 33.0. The minimum absolute atomic E-state index is 0.0595. The Morgan fingerprint density at radius 2 is 1.62 bits per heavy atom. The van der Waals surface area contributed by atoms with Crippen LogP contribution in [0.1, 0.15) is 42.4 Å². The van der Waals surface area contributed by atoms with Crippen LogP contribution in [0.3, 0.4) is 0 Å². The molecule has 0 saturated heterocycles. The second kappa shape index (κ2) is 11.3. The van der Waals surface area contributed by atoms with Gasteiger partial charge < -0.3 is 5.32 Å². The standard InChI is InChI=1S/C36H33N3O2S/c40-31(37-30-18-10-15-26-13-4-6-16-28(26)30)24-42-35-38-33-29-17-7-5-14-27(29)23-36(20-8-9-21-36)32(33)34(41)39(35)22-19-25-11-2-1-3-12-25/h1-7,10-18H,8-9,19-24H2,(H,37,40). The van der Waals surface area contributed by atoms with E-state index in [2.05, 4.69) is 35.6 Å². The van der Waals surface area contributed by atoms with Gasteiger partial charge in [-0.15, -0.1) is 0 Å². The van der Waals surface area contributed by atoms with Crippen molar-refractivity contribution >= 4 is 34.1 Å². The first-order chi connectivity index (χ1) is 20.6. The zero-order chi connectivity index (χ0) is 28.5. The van der Waals surface area contributed by atoms with Crippen LogP contribution in [0.4, 0.5) is 5.69 Å². The van der Waals surface area contributed by atoms with Crippen LogP contribution in [0.15, 0.2) is 107 Å². The van der Waals surface area contributed by atoms with Gasteiger partial charge in [0, 0.05) is 28.6 Å². The molecule has 5 nitrogen and oxygen atoms in total. The molecule has 5 aromatic rings. The minimum atomic E-state index is -0.156. The number of fused-ring (bicyclic) bond motifs is 5. The summed E-state index contributed by atoms with van der Waals surface area (Å²) in [6, 6.07) is 32.6. The normalized spacial score (nSPS) is 15.0. The number of nitrogens with zero attached hydrogens (tertiary/aromatic N) is 2. The maximum absolute atomic E-state index is 14.5. The molecule has 1 N–H and O–H groups in total. The minimum Gasteiger partial charge on any atom is -0.325 e. The van der Waals surface area contributed by atoms with Crippen LogP contribution in [0, 0.1) is 0 Å². The van der Waals surface area contributed by atoms with Gasteiger partial charge in [-0.25, -0.2) is 4.98 Å². The molecule has 42 heavy (non-hydrogen) atoms. The Balaban J connectivity index is 1.25. The first-order valence-electron chi connectivity index (χ1n) is 14.8. The highest BCUT2D eigenvalue weighted by Gasteiger charge is 2.44. The maximum atomic E-state index is 14.5. The molecule has 1 aromatic heterocycles. The maximum Gasteiger partial charge on any atom is 0.258 e. The van der Waals surface area contributed by atoms with Crippen molar-refractivity contribution in [3.63, 3.8) is 0 Å². The Bertz CT molecular complexity index is 1840. The number of hydrogen-bond donors (Lipinski definition) is 1. The highest BCUT2D eigenvalue weighted by atomic mass is 32.2. The van der Waals surface area contributed by atoms with Crippen molar-refractivity contribution in [2.75, 3.05) is 11.1 Å². The van der Waals surface area contributed by atoms with Crippen molar-refractivity contribution in [1.82, 2.24) is 9.55 Å². The number of aryl methyl sites for hydroxylation is 1. The average Bonchev–Trinajstić information content (AvgIpc) is 3.48. The van der Waals surface area contributed by atoms with E-state index >= 15 is 0 Å². The lowest BCUT2D eigenvalue weighted by molar-refractivity contribution is -0.113. The molecule has 0 aliphatic heterocycles. The van der Waals surface area contributed by atoms with Gasteiger partial charge in [-0.1, -0.05) is 116 Å². The number of nitrogens with one attached hydrogen (secondary N) is 1. The number of carbonyl (C=O) groups excluding carboxylic acids is 1. The molecule has 6 heteroatoms. The smallest absolute Gasteiger partial charge is 0.258 e. The Morgan fingerprint density at radius 3 is 2.48 bits per heavy atom. The lowest BCUT2D eigenvalue weighted by Gasteiger charge is -2.36. The highest BCUT2D eigenvalue weighted by Crippen LogP contribution is 2.50. The van der Waals surface area contributed by atoms with Crippen molar-refractivity contribution < 1.29 is 4.79 Å². The van der Waals surface area contributed by atoms with Gasteiger partial charge >= 0.3 is 0 Å². The Labute approximate surface area is 250 Å². The number of rotatable bonds is 7. The highest BCUT2D eigenvalue weighted by molar-refractivity contribution is 7.99. The van der Waals surface area contributed by atoms with Gasteiger partial charge in [0.2, 0.25) is 5.91 Å². The second-order valence-electron chi connectivity index (χ2n) is 11.5. The molecule has 210 valence electrons. The molecule has 4 aromatic carbocycles. The third-order valence-corrected chi connectivity index (χ3v) is 9.87. The number of hydrogen-bond acceptors (Lipinski definition) is 4. The van der Waals surface area contributed by atoms with Crippen LogP contribution in [0.25, 0.3) is 22.0 Å². The first kappa shape index (κ1) is 26.7. The van der Waals surface area contributed by atoms with E-state index in [1.807, 2.05) is 71.3 Å². The van der Waals surface area contributed by atoms with Gasteiger partial charge in [-0.3, -0.25) is 14.2 Å². The summed E-state index contributed by atoms with van der Waals surface area (Å²) in [7, 11) is 0. The molecule has 1 spiro atoms. The lowest BCUT2D eigenvalue weighted by Crippen LogP contribution is -2.40. The van der Waals surface area contributed by atoms with E-state index in [1.54, 1.807) is 0 Å². The number of thioether (sulfide) groups is 1. The molecule has 1 heterocycles. The van der Waals surface area contributed by atoms with E-state index in [0.717, 1.165) is 71.8 Å². The summed E-state index contributed by atoms with van der Waals surface area (Å²) < 4.78 is 1.84. The molecule has 0 atom stereocenters. The van der Waals surface area contributed by atoms with E-state index in [0.29, 0.717) is 11.7 Å². The molecule has 2 aliphatic carbocycles. The molecule has 2 aliphatic rings. The molecule has 0 unspecified atom stereocenters. The molecular formula is C36H33N3O2S. The zero-order valence-corrected chi connectivity index (χ0v) is 24.3. The van der Waals surface area contributed by atoms with Crippen LogP contribution in [0.5, 0.6) is 0 Å². The van der Waals surface area contributed by atoms with E-state index in [4.69, 9.17) is 4.98 Å².